The monoisotopic (exact) mass is 693 g/mol. The maximum absolute atomic E-state index is 11.1. The van der Waals surface area contributed by atoms with Crippen molar-refractivity contribution in [3.05, 3.63) is 102 Å². The van der Waals surface area contributed by atoms with Crippen LogP contribution in [0.25, 0.3) is 44.9 Å². The summed E-state index contributed by atoms with van der Waals surface area (Å²) in [5.74, 6) is 2.86. The number of hydrogen-bond donors (Lipinski definition) is 2. The van der Waals surface area contributed by atoms with Gasteiger partial charge in [0.1, 0.15) is 17.8 Å². The lowest BCUT2D eigenvalue weighted by Crippen LogP contribution is -2.06. The molecule has 0 amide bonds. The molecule has 11 heteroatoms. The molecule has 0 aliphatic heterocycles. The summed E-state index contributed by atoms with van der Waals surface area (Å²) in [5, 5.41) is -0.439. The van der Waals surface area contributed by atoms with Crippen LogP contribution in [-0.2, 0) is 23.0 Å². The van der Waals surface area contributed by atoms with Crippen LogP contribution in [0.4, 0.5) is 0 Å². The maximum atomic E-state index is 11.1. The molecule has 10 nitrogen and oxygen atoms in total. The normalized spacial score (nSPS) is 11.2. The van der Waals surface area contributed by atoms with Crippen LogP contribution in [0, 0.1) is 0 Å². The number of aromatic nitrogens is 5. The number of methoxy groups -OCH3 is 1. The van der Waals surface area contributed by atoms with Crippen molar-refractivity contribution in [1.82, 2.24) is 24.9 Å². The molecule has 0 unspecified atom stereocenters. The minimum Gasteiger partial charge on any atom is -0.496 e. The van der Waals surface area contributed by atoms with Crippen LogP contribution in [0.3, 0.4) is 0 Å². The minimum atomic E-state index is -4.33. The first-order valence-corrected chi connectivity index (χ1v) is 18.3. The van der Waals surface area contributed by atoms with Gasteiger partial charge in [0.15, 0.2) is 11.6 Å². The summed E-state index contributed by atoms with van der Waals surface area (Å²) in [5.41, 5.74) is 7.14. The molecule has 0 bridgehead atoms. The van der Waals surface area contributed by atoms with Gasteiger partial charge in [0.05, 0.1) is 35.9 Å². The molecule has 4 aromatic carbocycles. The summed E-state index contributed by atoms with van der Waals surface area (Å²) < 4.78 is 43.1. The molecule has 0 fully saturated rings. The molecule has 0 atom stereocenters. The summed E-state index contributed by atoms with van der Waals surface area (Å²) in [4.78, 5) is 20.3. The largest absolute Gasteiger partial charge is 0.496 e. The van der Waals surface area contributed by atoms with Crippen molar-refractivity contribution in [2.75, 3.05) is 13.7 Å². The number of imidazole rings is 1. The van der Waals surface area contributed by atoms with Gasteiger partial charge in [0, 0.05) is 5.56 Å². The topological polar surface area (TPSA) is 140 Å². The van der Waals surface area contributed by atoms with Crippen LogP contribution in [0.15, 0.2) is 96.4 Å². The fraction of sp³-hybridized carbons (Fsp3) is 0.282. The molecule has 6 aromatic rings. The highest BCUT2D eigenvalue weighted by Gasteiger charge is 2.19. The Bertz CT molecular complexity index is 2130. The lowest BCUT2D eigenvalue weighted by Gasteiger charge is -2.18. The zero-order valence-electron chi connectivity index (χ0n) is 28.9. The highest BCUT2D eigenvalue weighted by Crippen LogP contribution is 2.36. The SMILES string of the molecule is CCCCCCOc1c(-c2ncnc(-c3ccccc3OC)n2)ccc(CC)c1CC.O=S(=O)(O)c1nc2c(-c3ccccc3)cccc2[nH]1. The molecule has 50 heavy (non-hydrogen) atoms. The number of H-pyrrole nitrogens is 1. The first-order chi connectivity index (χ1) is 24.3. The highest BCUT2D eigenvalue weighted by atomic mass is 32.2. The van der Waals surface area contributed by atoms with E-state index < -0.39 is 15.3 Å². The Kier molecular flexibility index (Phi) is 12.3. The van der Waals surface area contributed by atoms with Crippen molar-refractivity contribution in [3.8, 4) is 45.4 Å². The number of benzene rings is 4. The number of rotatable bonds is 13. The second-order valence-electron chi connectivity index (χ2n) is 11.6. The van der Waals surface area contributed by atoms with Crippen LogP contribution in [0.1, 0.15) is 57.6 Å². The molecule has 0 aliphatic carbocycles. The van der Waals surface area contributed by atoms with Crippen molar-refractivity contribution < 1.29 is 22.4 Å². The standard InChI is InChI=1S/C26H33N3O2.C13H10N2O3S/c1-5-8-9-12-17-31-24-20(7-3)19(6-2)15-16-22(24)26-28-18-27-25(29-26)21-13-10-11-14-23(21)30-4;16-19(17,18)13-14-11-8-4-7-10(12(11)15-13)9-5-2-1-3-6-9/h10-11,13-16,18H,5-9,12,17H2,1-4H3;1-8H,(H,14,15)(H,16,17,18). The zero-order chi connectivity index (χ0) is 35.5. The fourth-order valence-electron chi connectivity index (χ4n) is 5.80. The number of hydrogen-bond acceptors (Lipinski definition) is 8. The lowest BCUT2D eigenvalue weighted by molar-refractivity contribution is 0.303. The van der Waals surface area contributed by atoms with E-state index in [2.05, 4.69) is 52.8 Å². The average molecular weight is 694 g/mol. The Hall–Kier alpha value is -5.13. The predicted octanol–water partition coefficient (Wildman–Crippen LogP) is 8.77. The molecule has 0 spiro atoms. The Morgan fingerprint density at radius 2 is 1.46 bits per heavy atom. The summed E-state index contributed by atoms with van der Waals surface area (Å²) in [6, 6.07) is 26.9. The predicted molar refractivity (Wildman–Crippen MR) is 197 cm³/mol. The van der Waals surface area contributed by atoms with E-state index in [1.165, 1.54) is 30.4 Å². The minimum absolute atomic E-state index is 0.439. The van der Waals surface area contributed by atoms with Crippen molar-refractivity contribution in [2.45, 2.75) is 64.5 Å². The number of aromatic amines is 1. The molecule has 2 heterocycles. The third kappa shape index (κ3) is 8.53. The van der Waals surface area contributed by atoms with E-state index in [1.807, 2.05) is 60.7 Å². The summed E-state index contributed by atoms with van der Waals surface area (Å²) in [7, 11) is -2.68. The van der Waals surface area contributed by atoms with E-state index in [0.29, 0.717) is 29.3 Å². The average Bonchev–Trinajstić information content (AvgIpc) is 3.61. The van der Waals surface area contributed by atoms with Gasteiger partial charge in [-0.25, -0.2) is 19.9 Å². The van der Waals surface area contributed by atoms with Crippen molar-refractivity contribution >= 4 is 21.2 Å². The van der Waals surface area contributed by atoms with Gasteiger partial charge in [-0.2, -0.15) is 8.42 Å². The van der Waals surface area contributed by atoms with E-state index in [0.717, 1.165) is 53.0 Å². The van der Waals surface area contributed by atoms with Gasteiger partial charge in [0.25, 0.3) is 5.16 Å². The van der Waals surface area contributed by atoms with E-state index >= 15 is 0 Å². The maximum Gasteiger partial charge on any atom is 0.328 e. The van der Waals surface area contributed by atoms with Crippen LogP contribution < -0.4 is 9.47 Å². The molecule has 260 valence electrons. The number of unbranched alkanes of at least 4 members (excludes halogenated alkanes) is 3. The van der Waals surface area contributed by atoms with E-state index in [4.69, 9.17) is 19.0 Å². The van der Waals surface area contributed by atoms with Crippen molar-refractivity contribution in [1.29, 1.82) is 0 Å². The smallest absolute Gasteiger partial charge is 0.328 e. The molecule has 2 aromatic heterocycles. The van der Waals surface area contributed by atoms with Crippen LogP contribution in [-0.4, -0.2) is 51.6 Å². The van der Waals surface area contributed by atoms with Crippen molar-refractivity contribution in [3.63, 3.8) is 0 Å². The van der Waals surface area contributed by atoms with Gasteiger partial charge in [-0.15, -0.1) is 0 Å². The van der Waals surface area contributed by atoms with Gasteiger partial charge in [-0.3, -0.25) is 4.55 Å². The van der Waals surface area contributed by atoms with Gasteiger partial charge < -0.3 is 14.5 Å². The Balaban J connectivity index is 0.000000217. The third-order valence-electron chi connectivity index (χ3n) is 8.32. The summed E-state index contributed by atoms with van der Waals surface area (Å²) in [6.45, 7) is 7.29. The van der Waals surface area contributed by atoms with Gasteiger partial charge >= 0.3 is 10.1 Å². The van der Waals surface area contributed by atoms with Crippen LogP contribution >= 0.6 is 0 Å². The van der Waals surface area contributed by atoms with Crippen LogP contribution in [0.2, 0.25) is 0 Å². The fourth-order valence-corrected chi connectivity index (χ4v) is 6.24. The molecule has 0 saturated heterocycles. The molecular weight excluding hydrogens is 651 g/mol. The first-order valence-electron chi connectivity index (χ1n) is 16.9. The second kappa shape index (κ2) is 17.0. The van der Waals surface area contributed by atoms with Gasteiger partial charge in [-0.05, 0) is 60.2 Å². The Morgan fingerprint density at radius 3 is 2.16 bits per heavy atom. The number of fused-ring (bicyclic) bond motifs is 1. The summed E-state index contributed by atoms with van der Waals surface area (Å²) in [6.07, 6.45) is 8.13. The quantitative estimate of drug-likeness (QED) is 0.0897. The Morgan fingerprint density at radius 1 is 0.740 bits per heavy atom. The highest BCUT2D eigenvalue weighted by molar-refractivity contribution is 7.85. The number of ether oxygens (including phenoxy) is 2. The lowest BCUT2D eigenvalue weighted by atomic mass is 9.97. The molecule has 0 aliphatic rings. The molecule has 0 radical (unpaired) electrons. The van der Waals surface area contributed by atoms with Crippen molar-refractivity contribution in [2.24, 2.45) is 0 Å². The number of aryl methyl sites for hydroxylation is 1. The van der Waals surface area contributed by atoms with E-state index in [1.54, 1.807) is 25.6 Å². The Labute approximate surface area is 293 Å². The van der Waals surface area contributed by atoms with Crippen LogP contribution in [0.5, 0.6) is 11.5 Å². The first kappa shape index (κ1) is 36.2. The molecule has 0 saturated carbocycles. The van der Waals surface area contributed by atoms with Gasteiger partial charge in [-0.1, -0.05) is 101 Å². The van der Waals surface area contributed by atoms with E-state index in [-0.39, 0.29) is 0 Å². The number of nitrogens with zero attached hydrogens (tertiary/aromatic N) is 4. The summed E-state index contributed by atoms with van der Waals surface area (Å²) >= 11 is 0. The zero-order valence-corrected chi connectivity index (χ0v) is 29.7. The number of nitrogens with one attached hydrogen (secondary N) is 1. The second-order valence-corrected chi connectivity index (χ2v) is 13.0. The third-order valence-corrected chi connectivity index (χ3v) is 9.00. The molecule has 6 rings (SSSR count). The van der Waals surface area contributed by atoms with Gasteiger partial charge in [0.2, 0.25) is 0 Å². The molecule has 2 N–H and O–H groups in total. The number of para-hydroxylation sites is 2. The molecular formula is C39H43N5O5S. The van der Waals surface area contributed by atoms with E-state index in [9.17, 15) is 8.42 Å².